The lowest BCUT2D eigenvalue weighted by molar-refractivity contribution is -0.137. The lowest BCUT2D eigenvalue weighted by Crippen LogP contribution is -2.26. The van der Waals surface area contributed by atoms with E-state index in [-0.39, 0.29) is 18.2 Å². The number of nitrogens with one attached hydrogen (secondary N) is 2. The highest BCUT2D eigenvalue weighted by Crippen LogP contribution is 2.32. The van der Waals surface area contributed by atoms with E-state index in [2.05, 4.69) is 10.6 Å². The Kier molecular flexibility index (Phi) is 5.69. The number of amides is 2. The van der Waals surface area contributed by atoms with E-state index in [1.807, 2.05) is 13.8 Å². The first kappa shape index (κ1) is 16.2. The summed E-state index contributed by atoms with van der Waals surface area (Å²) in [6, 6.07) is 0. The molecular formula is C13H18N2O4S. The fourth-order valence-electron chi connectivity index (χ4n) is 1.68. The number of rotatable bonds is 6. The van der Waals surface area contributed by atoms with Crippen molar-refractivity contribution in [3.8, 4) is 0 Å². The van der Waals surface area contributed by atoms with Crippen LogP contribution in [0.3, 0.4) is 0 Å². The highest BCUT2D eigenvalue weighted by atomic mass is 32.1. The smallest absolute Gasteiger partial charge is 0.303 e. The van der Waals surface area contributed by atoms with Gasteiger partial charge in [0.05, 0.1) is 5.56 Å². The summed E-state index contributed by atoms with van der Waals surface area (Å²) in [5, 5.41) is 14.4. The first-order chi connectivity index (χ1) is 9.32. The molecule has 0 spiro atoms. The number of anilines is 1. The van der Waals surface area contributed by atoms with E-state index in [0.29, 0.717) is 23.5 Å². The van der Waals surface area contributed by atoms with Gasteiger partial charge in [0.1, 0.15) is 5.00 Å². The summed E-state index contributed by atoms with van der Waals surface area (Å²) >= 11 is 1.35. The van der Waals surface area contributed by atoms with Crippen molar-refractivity contribution in [3.63, 3.8) is 0 Å². The molecule has 0 aliphatic heterocycles. The molecule has 1 aromatic heterocycles. The minimum Gasteiger partial charge on any atom is -0.481 e. The molecule has 0 saturated carbocycles. The van der Waals surface area contributed by atoms with Crippen LogP contribution in [0.2, 0.25) is 0 Å². The SMILES string of the molecule is CC(=O)Nc1sc(C)c(C)c1C(=O)NCCCC(=O)O. The van der Waals surface area contributed by atoms with E-state index in [4.69, 9.17) is 5.11 Å². The third kappa shape index (κ3) is 4.34. The van der Waals surface area contributed by atoms with E-state index < -0.39 is 5.97 Å². The summed E-state index contributed by atoms with van der Waals surface area (Å²) in [5.41, 5.74) is 1.28. The van der Waals surface area contributed by atoms with Crippen LogP contribution in [0.4, 0.5) is 5.00 Å². The van der Waals surface area contributed by atoms with Crippen molar-refractivity contribution in [2.75, 3.05) is 11.9 Å². The molecule has 6 nitrogen and oxygen atoms in total. The van der Waals surface area contributed by atoms with Gasteiger partial charge in [0.25, 0.3) is 5.91 Å². The number of hydrogen-bond donors (Lipinski definition) is 3. The molecule has 2 amide bonds. The molecule has 3 N–H and O–H groups in total. The van der Waals surface area contributed by atoms with Gasteiger partial charge in [-0.2, -0.15) is 0 Å². The fourth-order valence-corrected chi connectivity index (χ4v) is 2.78. The molecule has 0 unspecified atom stereocenters. The molecule has 1 aromatic rings. The van der Waals surface area contributed by atoms with Crippen LogP contribution in [-0.2, 0) is 9.59 Å². The Morgan fingerprint density at radius 3 is 2.45 bits per heavy atom. The zero-order chi connectivity index (χ0) is 15.3. The molecular weight excluding hydrogens is 280 g/mol. The number of carbonyl (C=O) groups is 3. The molecule has 110 valence electrons. The van der Waals surface area contributed by atoms with Crippen molar-refractivity contribution in [1.82, 2.24) is 5.32 Å². The first-order valence-electron chi connectivity index (χ1n) is 6.20. The molecule has 1 rings (SSSR count). The molecule has 1 heterocycles. The van der Waals surface area contributed by atoms with Crippen LogP contribution < -0.4 is 10.6 Å². The molecule has 0 atom stereocenters. The average molecular weight is 298 g/mol. The number of hydrogen-bond acceptors (Lipinski definition) is 4. The molecule has 0 aliphatic rings. The maximum atomic E-state index is 12.1. The fraction of sp³-hybridized carbons (Fsp3) is 0.462. The van der Waals surface area contributed by atoms with Crippen LogP contribution in [0.15, 0.2) is 0 Å². The minimum atomic E-state index is -0.888. The van der Waals surface area contributed by atoms with E-state index in [1.54, 1.807) is 0 Å². The predicted molar refractivity (Wildman–Crippen MR) is 77.3 cm³/mol. The molecule has 0 radical (unpaired) electrons. The van der Waals surface area contributed by atoms with Crippen LogP contribution in [0.25, 0.3) is 0 Å². The van der Waals surface area contributed by atoms with Crippen molar-refractivity contribution in [3.05, 3.63) is 16.0 Å². The zero-order valence-corrected chi connectivity index (χ0v) is 12.5. The third-order valence-electron chi connectivity index (χ3n) is 2.75. The topological polar surface area (TPSA) is 95.5 Å². The molecule has 0 aromatic carbocycles. The molecule has 0 aliphatic carbocycles. The lowest BCUT2D eigenvalue weighted by Gasteiger charge is -2.07. The summed E-state index contributed by atoms with van der Waals surface area (Å²) < 4.78 is 0. The molecule has 0 saturated heterocycles. The maximum Gasteiger partial charge on any atom is 0.303 e. The summed E-state index contributed by atoms with van der Waals surface area (Å²) in [4.78, 5) is 34.6. The number of aliphatic carboxylic acids is 1. The van der Waals surface area contributed by atoms with Crippen LogP contribution in [0.1, 0.15) is 40.6 Å². The van der Waals surface area contributed by atoms with Crippen LogP contribution in [0.5, 0.6) is 0 Å². The largest absolute Gasteiger partial charge is 0.481 e. The Morgan fingerprint density at radius 2 is 1.90 bits per heavy atom. The van der Waals surface area contributed by atoms with Gasteiger partial charge < -0.3 is 15.7 Å². The first-order valence-corrected chi connectivity index (χ1v) is 7.02. The number of carboxylic acids is 1. The normalized spacial score (nSPS) is 10.2. The number of carbonyl (C=O) groups excluding carboxylic acids is 2. The highest BCUT2D eigenvalue weighted by molar-refractivity contribution is 7.16. The maximum absolute atomic E-state index is 12.1. The van der Waals surface area contributed by atoms with E-state index in [9.17, 15) is 14.4 Å². The van der Waals surface area contributed by atoms with Gasteiger partial charge in [-0.3, -0.25) is 14.4 Å². The van der Waals surface area contributed by atoms with Gasteiger partial charge in [-0.05, 0) is 25.8 Å². The second kappa shape index (κ2) is 7.04. The number of aryl methyl sites for hydroxylation is 1. The van der Waals surface area contributed by atoms with Gasteiger partial charge in [-0.15, -0.1) is 11.3 Å². The predicted octanol–water partition coefficient (Wildman–Crippen LogP) is 1.92. The Hall–Kier alpha value is -1.89. The highest BCUT2D eigenvalue weighted by Gasteiger charge is 2.19. The van der Waals surface area contributed by atoms with Gasteiger partial charge in [0.2, 0.25) is 5.91 Å². The van der Waals surface area contributed by atoms with Crippen LogP contribution in [-0.4, -0.2) is 29.4 Å². The van der Waals surface area contributed by atoms with Gasteiger partial charge in [-0.1, -0.05) is 0 Å². The van der Waals surface area contributed by atoms with E-state index in [1.165, 1.54) is 18.3 Å². The van der Waals surface area contributed by atoms with Crippen molar-refractivity contribution in [2.45, 2.75) is 33.6 Å². The molecule has 7 heteroatoms. The van der Waals surface area contributed by atoms with Crippen LogP contribution in [0, 0.1) is 13.8 Å². The quantitative estimate of drug-likeness (QED) is 0.699. The summed E-state index contributed by atoms with van der Waals surface area (Å²) in [6.45, 7) is 5.38. The van der Waals surface area contributed by atoms with Gasteiger partial charge in [0, 0.05) is 24.8 Å². The number of carboxylic acid groups (broad SMARTS) is 1. The second-order valence-electron chi connectivity index (χ2n) is 4.42. The second-order valence-corrected chi connectivity index (χ2v) is 5.65. The van der Waals surface area contributed by atoms with Gasteiger partial charge in [0.15, 0.2) is 0 Å². The Morgan fingerprint density at radius 1 is 1.25 bits per heavy atom. The number of thiophene rings is 1. The van der Waals surface area contributed by atoms with E-state index >= 15 is 0 Å². The van der Waals surface area contributed by atoms with Gasteiger partial charge >= 0.3 is 5.97 Å². The van der Waals surface area contributed by atoms with Crippen LogP contribution >= 0.6 is 11.3 Å². The molecule has 0 fully saturated rings. The third-order valence-corrected chi connectivity index (χ3v) is 3.88. The monoisotopic (exact) mass is 298 g/mol. The van der Waals surface area contributed by atoms with E-state index in [0.717, 1.165) is 10.4 Å². The zero-order valence-electron chi connectivity index (χ0n) is 11.7. The lowest BCUT2D eigenvalue weighted by atomic mass is 10.1. The Balaban J connectivity index is 2.75. The van der Waals surface area contributed by atoms with Crippen molar-refractivity contribution >= 4 is 34.1 Å². The Labute approximate surface area is 121 Å². The molecule has 0 bridgehead atoms. The summed E-state index contributed by atoms with van der Waals surface area (Å²) in [5.74, 6) is -1.41. The molecule has 20 heavy (non-hydrogen) atoms. The van der Waals surface area contributed by atoms with Crippen molar-refractivity contribution < 1.29 is 19.5 Å². The van der Waals surface area contributed by atoms with Crippen molar-refractivity contribution in [1.29, 1.82) is 0 Å². The van der Waals surface area contributed by atoms with Gasteiger partial charge in [-0.25, -0.2) is 0 Å². The average Bonchev–Trinajstić information content (AvgIpc) is 2.59. The van der Waals surface area contributed by atoms with Crippen molar-refractivity contribution in [2.24, 2.45) is 0 Å². The Bertz CT molecular complexity index is 537. The minimum absolute atomic E-state index is 0.0144. The summed E-state index contributed by atoms with van der Waals surface area (Å²) in [7, 11) is 0. The summed E-state index contributed by atoms with van der Waals surface area (Å²) in [6.07, 6.45) is 0.388. The standard InChI is InChI=1S/C13H18N2O4S/c1-7-8(2)20-13(15-9(3)16)11(7)12(19)14-6-4-5-10(17)18/h4-6H2,1-3H3,(H,14,19)(H,15,16)(H,17,18).